The van der Waals surface area contributed by atoms with E-state index < -0.39 is 9.84 Å². The third-order valence-corrected chi connectivity index (χ3v) is 8.11. The maximum Gasteiger partial charge on any atom is 0.260 e. The number of thiazole rings is 1. The summed E-state index contributed by atoms with van der Waals surface area (Å²) in [5.41, 5.74) is 1.11. The van der Waals surface area contributed by atoms with Crippen LogP contribution in [0.5, 0.6) is 5.75 Å². The highest BCUT2D eigenvalue weighted by molar-refractivity contribution is 7.91. The molecule has 0 saturated carbocycles. The van der Waals surface area contributed by atoms with Crippen molar-refractivity contribution in [1.82, 2.24) is 4.98 Å². The monoisotopic (exact) mass is 460 g/mol. The summed E-state index contributed by atoms with van der Waals surface area (Å²) < 4.78 is 36.3. The second-order valence-corrected chi connectivity index (χ2v) is 10.6. The van der Waals surface area contributed by atoms with E-state index in [1.807, 2.05) is 18.2 Å². The SMILES string of the molecule is CCS(=O)(=O)c1ccc(C(=O)N(CC2CCCO2)c2nc3c(OC)cccc3s2)cc1. The van der Waals surface area contributed by atoms with Crippen LogP contribution in [0.4, 0.5) is 5.13 Å². The van der Waals surface area contributed by atoms with Gasteiger partial charge in [0.15, 0.2) is 15.0 Å². The van der Waals surface area contributed by atoms with E-state index in [0.717, 1.165) is 17.5 Å². The van der Waals surface area contributed by atoms with E-state index in [-0.39, 0.29) is 22.7 Å². The third kappa shape index (κ3) is 4.44. The Morgan fingerprint density at radius 1 is 1.26 bits per heavy atom. The lowest BCUT2D eigenvalue weighted by Crippen LogP contribution is -2.37. The molecule has 0 spiro atoms. The van der Waals surface area contributed by atoms with Crippen LogP contribution in [-0.4, -0.2) is 51.4 Å². The van der Waals surface area contributed by atoms with Gasteiger partial charge in [-0.15, -0.1) is 0 Å². The van der Waals surface area contributed by atoms with Gasteiger partial charge in [-0.3, -0.25) is 9.69 Å². The summed E-state index contributed by atoms with van der Waals surface area (Å²) in [6.45, 7) is 2.67. The molecule has 0 aliphatic carbocycles. The molecule has 3 aromatic rings. The Bertz CT molecular complexity index is 1180. The van der Waals surface area contributed by atoms with Gasteiger partial charge in [0.1, 0.15) is 11.3 Å². The zero-order chi connectivity index (χ0) is 22.0. The molecule has 1 atom stereocenters. The Hall–Kier alpha value is -2.49. The number of amides is 1. The number of aromatic nitrogens is 1. The van der Waals surface area contributed by atoms with Gasteiger partial charge in [0.25, 0.3) is 5.91 Å². The number of hydrogen-bond donors (Lipinski definition) is 0. The summed E-state index contributed by atoms with van der Waals surface area (Å²) >= 11 is 1.41. The van der Waals surface area contributed by atoms with Crippen LogP contribution in [0.25, 0.3) is 10.2 Å². The average Bonchev–Trinajstić information content (AvgIpc) is 3.46. The van der Waals surface area contributed by atoms with Crippen LogP contribution >= 0.6 is 11.3 Å². The van der Waals surface area contributed by atoms with Gasteiger partial charge < -0.3 is 9.47 Å². The first kappa shape index (κ1) is 21.7. The second-order valence-electron chi connectivity index (χ2n) is 7.28. The summed E-state index contributed by atoms with van der Waals surface area (Å²) in [5.74, 6) is 0.423. The van der Waals surface area contributed by atoms with E-state index in [9.17, 15) is 13.2 Å². The largest absolute Gasteiger partial charge is 0.494 e. The van der Waals surface area contributed by atoms with Crippen LogP contribution in [0.3, 0.4) is 0 Å². The number of fused-ring (bicyclic) bond motifs is 1. The van der Waals surface area contributed by atoms with Gasteiger partial charge in [0.2, 0.25) is 0 Å². The quantitative estimate of drug-likeness (QED) is 0.531. The smallest absolute Gasteiger partial charge is 0.260 e. The van der Waals surface area contributed by atoms with Gasteiger partial charge in [0.05, 0.1) is 35.1 Å². The lowest BCUT2D eigenvalue weighted by atomic mass is 10.2. The molecule has 1 fully saturated rings. The fourth-order valence-corrected chi connectivity index (χ4v) is 5.43. The van der Waals surface area contributed by atoms with Crippen LogP contribution in [-0.2, 0) is 14.6 Å². The van der Waals surface area contributed by atoms with Gasteiger partial charge in [-0.25, -0.2) is 13.4 Å². The molecule has 9 heteroatoms. The summed E-state index contributed by atoms with van der Waals surface area (Å²) in [4.78, 5) is 20.0. The van der Waals surface area contributed by atoms with Crippen molar-refractivity contribution in [3.05, 3.63) is 48.0 Å². The van der Waals surface area contributed by atoms with E-state index in [0.29, 0.717) is 35.1 Å². The summed E-state index contributed by atoms with van der Waals surface area (Å²) in [5, 5.41) is 0.560. The van der Waals surface area contributed by atoms with Crippen LogP contribution in [0.2, 0.25) is 0 Å². The van der Waals surface area contributed by atoms with Crippen molar-refractivity contribution in [1.29, 1.82) is 0 Å². The number of benzene rings is 2. The van der Waals surface area contributed by atoms with Gasteiger partial charge in [-0.1, -0.05) is 24.3 Å². The number of carbonyl (C=O) groups excluding carboxylic acids is 1. The number of ether oxygens (including phenoxy) is 2. The molecule has 7 nitrogen and oxygen atoms in total. The number of methoxy groups -OCH3 is 1. The molecule has 164 valence electrons. The van der Waals surface area contributed by atoms with Crippen molar-refractivity contribution < 1.29 is 22.7 Å². The number of nitrogens with zero attached hydrogens (tertiary/aromatic N) is 2. The number of rotatable bonds is 7. The standard InChI is InChI=1S/C22H24N2O5S2/c1-3-31(26,27)17-11-9-15(10-12-17)21(25)24(14-16-6-5-13-29-16)22-23-20-18(28-2)7-4-8-19(20)30-22/h4,7-12,16H,3,5-6,13-14H2,1-2H3. The Kier molecular flexibility index (Phi) is 6.27. The Balaban J connectivity index is 1.70. The summed E-state index contributed by atoms with van der Waals surface area (Å²) in [6, 6.07) is 11.8. The predicted octanol–water partition coefficient (Wildman–Crippen LogP) is 3.92. The Morgan fingerprint density at radius 2 is 2.03 bits per heavy atom. The molecular formula is C22H24N2O5S2. The van der Waals surface area contributed by atoms with Crippen LogP contribution < -0.4 is 9.64 Å². The molecule has 1 unspecified atom stereocenters. The van der Waals surface area contributed by atoms with E-state index >= 15 is 0 Å². The fraction of sp³-hybridized carbons (Fsp3) is 0.364. The highest BCUT2D eigenvalue weighted by Crippen LogP contribution is 2.35. The van der Waals surface area contributed by atoms with Crippen molar-refractivity contribution in [2.24, 2.45) is 0 Å². The average molecular weight is 461 g/mol. The Labute approximate surface area is 185 Å². The fourth-order valence-electron chi connectivity index (χ4n) is 3.56. The molecule has 0 bridgehead atoms. The number of anilines is 1. The minimum Gasteiger partial charge on any atom is -0.494 e. The van der Waals surface area contributed by atoms with Crippen molar-refractivity contribution in [3.63, 3.8) is 0 Å². The lowest BCUT2D eigenvalue weighted by molar-refractivity contribution is 0.0917. The number of para-hydroxylation sites is 1. The van der Waals surface area contributed by atoms with Crippen LogP contribution in [0, 0.1) is 0 Å². The molecule has 1 aliphatic heterocycles. The molecule has 1 saturated heterocycles. The third-order valence-electron chi connectivity index (χ3n) is 5.32. The molecular weight excluding hydrogens is 436 g/mol. The zero-order valence-electron chi connectivity index (χ0n) is 17.4. The molecule has 1 aliphatic rings. The normalized spacial score (nSPS) is 16.5. The Morgan fingerprint density at radius 3 is 2.68 bits per heavy atom. The maximum atomic E-state index is 13.5. The van der Waals surface area contributed by atoms with Gasteiger partial charge in [-0.2, -0.15) is 0 Å². The van der Waals surface area contributed by atoms with Crippen molar-refractivity contribution >= 4 is 42.4 Å². The molecule has 1 aromatic heterocycles. The molecule has 0 N–H and O–H groups in total. The molecule has 2 heterocycles. The van der Waals surface area contributed by atoms with E-state index in [1.165, 1.54) is 23.5 Å². The molecule has 4 rings (SSSR count). The minimum atomic E-state index is -3.33. The first-order valence-electron chi connectivity index (χ1n) is 10.1. The highest BCUT2D eigenvalue weighted by Gasteiger charge is 2.27. The minimum absolute atomic E-state index is 0.0129. The highest BCUT2D eigenvalue weighted by atomic mass is 32.2. The first-order valence-corrected chi connectivity index (χ1v) is 12.6. The van der Waals surface area contributed by atoms with Gasteiger partial charge in [0, 0.05) is 12.2 Å². The number of sulfone groups is 1. The first-order chi connectivity index (χ1) is 14.9. The lowest BCUT2D eigenvalue weighted by Gasteiger charge is -2.23. The van der Waals surface area contributed by atoms with Crippen LogP contribution in [0.1, 0.15) is 30.1 Å². The van der Waals surface area contributed by atoms with Crippen molar-refractivity contribution in [2.45, 2.75) is 30.8 Å². The topological polar surface area (TPSA) is 85.8 Å². The summed E-state index contributed by atoms with van der Waals surface area (Å²) in [6.07, 6.45) is 1.79. The maximum absolute atomic E-state index is 13.5. The number of hydrogen-bond acceptors (Lipinski definition) is 7. The van der Waals surface area contributed by atoms with E-state index in [2.05, 4.69) is 4.98 Å². The molecule has 1 amide bonds. The second kappa shape index (κ2) is 8.94. The molecule has 0 radical (unpaired) electrons. The molecule has 2 aromatic carbocycles. The van der Waals surface area contributed by atoms with Gasteiger partial charge in [-0.05, 0) is 49.2 Å². The van der Waals surface area contributed by atoms with Crippen LogP contribution in [0.15, 0.2) is 47.4 Å². The molecule has 31 heavy (non-hydrogen) atoms. The van der Waals surface area contributed by atoms with E-state index in [4.69, 9.17) is 9.47 Å². The van der Waals surface area contributed by atoms with E-state index in [1.54, 1.807) is 31.1 Å². The summed E-state index contributed by atoms with van der Waals surface area (Å²) in [7, 11) is -1.73. The van der Waals surface area contributed by atoms with Gasteiger partial charge >= 0.3 is 0 Å². The predicted molar refractivity (Wildman–Crippen MR) is 121 cm³/mol. The van der Waals surface area contributed by atoms with Crippen molar-refractivity contribution in [3.8, 4) is 5.75 Å². The zero-order valence-corrected chi connectivity index (χ0v) is 19.0. The number of carbonyl (C=O) groups is 1. The van der Waals surface area contributed by atoms with Crippen molar-refractivity contribution in [2.75, 3.05) is 30.9 Å².